The van der Waals surface area contributed by atoms with E-state index in [-0.39, 0.29) is 0 Å². The molecule has 0 aliphatic heterocycles. The van der Waals surface area contributed by atoms with E-state index in [1.165, 1.54) is 4.80 Å². The molecular weight excluding hydrogens is 206 g/mol. The molecule has 0 saturated carbocycles. The Morgan fingerprint density at radius 3 is 2.81 bits per heavy atom. The molecule has 2 heterocycles. The summed E-state index contributed by atoms with van der Waals surface area (Å²) in [6, 6.07) is 3.71. The number of aliphatic hydroxyl groups excluding tert-OH is 1. The van der Waals surface area contributed by atoms with Crippen molar-refractivity contribution in [1.82, 2.24) is 25.2 Å². The van der Waals surface area contributed by atoms with Crippen molar-refractivity contribution < 1.29 is 5.11 Å². The second-order valence-corrected chi connectivity index (χ2v) is 3.68. The third-order valence-electron chi connectivity index (χ3n) is 2.20. The Morgan fingerprint density at radius 1 is 1.44 bits per heavy atom. The molecule has 1 unspecified atom stereocenters. The van der Waals surface area contributed by atoms with Crippen molar-refractivity contribution in [2.75, 3.05) is 0 Å². The largest absolute Gasteiger partial charge is 0.386 e. The standard InChI is InChI=1S/C10H13N5O/c1-7-3-4-8(11-6-7)9(16)5-10-12-14-15(2)13-10/h3-4,6,9,16H,5H2,1-2H3. The molecule has 1 atom stereocenters. The lowest BCUT2D eigenvalue weighted by atomic mass is 10.1. The van der Waals surface area contributed by atoms with E-state index in [9.17, 15) is 5.11 Å². The number of hydrogen-bond donors (Lipinski definition) is 1. The Labute approximate surface area is 92.9 Å². The fourth-order valence-corrected chi connectivity index (χ4v) is 1.36. The van der Waals surface area contributed by atoms with Gasteiger partial charge in [0.15, 0.2) is 5.82 Å². The van der Waals surface area contributed by atoms with Crippen molar-refractivity contribution >= 4 is 0 Å². The van der Waals surface area contributed by atoms with Crippen LogP contribution in [0.4, 0.5) is 0 Å². The second-order valence-electron chi connectivity index (χ2n) is 3.68. The van der Waals surface area contributed by atoms with Gasteiger partial charge in [-0.15, -0.1) is 10.2 Å². The van der Waals surface area contributed by atoms with Gasteiger partial charge >= 0.3 is 0 Å². The van der Waals surface area contributed by atoms with Gasteiger partial charge in [0.05, 0.1) is 12.7 Å². The summed E-state index contributed by atoms with van der Waals surface area (Å²) in [6.07, 6.45) is 1.36. The van der Waals surface area contributed by atoms with Crippen molar-refractivity contribution in [2.45, 2.75) is 19.4 Å². The number of tetrazole rings is 1. The highest BCUT2D eigenvalue weighted by molar-refractivity contribution is 5.14. The summed E-state index contributed by atoms with van der Waals surface area (Å²) < 4.78 is 0. The van der Waals surface area contributed by atoms with Gasteiger partial charge in [-0.25, -0.2) is 0 Å². The lowest BCUT2D eigenvalue weighted by molar-refractivity contribution is 0.171. The smallest absolute Gasteiger partial charge is 0.177 e. The van der Waals surface area contributed by atoms with Gasteiger partial charge in [-0.2, -0.15) is 4.80 Å². The van der Waals surface area contributed by atoms with Crippen molar-refractivity contribution in [3.05, 3.63) is 35.4 Å². The van der Waals surface area contributed by atoms with Crippen LogP contribution in [0.5, 0.6) is 0 Å². The van der Waals surface area contributed by atoms with Crippen LogP contribution in [0, 0.1) is 6.92 Å². The molecule has 0 saturated heterocycles. The summed E-state index contributed by atoms with van der Waals surface area (Å²) in [5.41, 5.74) is 1.69. The van der Waals surface area contributed by atoms with Crippen LogP contribution in [0.25, 0.3) is 0 Å². The molecule has 16 heavy (non-hydrogen) atoms. The highest BCUT2D eigenvalue weighted by atomic mass is 16.3. The van der Waals surface area contributed by atoms with Gasteiger partial charge in [0.2, 0.25) is 0 Å². The molecule has 0 aromatic carbocycles. The minimum absolute atomic E-state index is 0.323. The fraction of sp³-hybridized carbons (Fsp3) is 0.400. The fourth-order valence-electron chi connectivity index (χ4n) is 1.36. The van der Waals surface area contributed by atoms with E-state index in [0.29, 0.717) is 17.9 Å². The predicted octanol–water partition coefficient (Wildman–Crippen LogP) is 0.190. The zero-order valence-corrected chi connectivity index (χ0v) is 9.20. The molecule has 0 bridgehead atoms. The second kappa shape index (κ2) is 4.36. The van der Waals surface area contributed by atoms with Crippen LogP contribution in [-0.4, -0.2) is 30.3 Å². The molecule has 0 aliphatic carbocycles. The molecule has 2 aromatic rings. The topological polar surface area (TPSA) is 76.7 Å². The van der Waals surface area contributed by atoms with Crippen LogP contribution in [0.15, 0.2) is 18.3 Å². The molecule has 0 amide bonds. The molecule has 0 radical (unpaired) electrons. The molecular formula is C10H13N5O. The van der Waals surface area contributed by atoms with Crippen LogP contribution < -0.4 is 0 Å². The van der Waals surface area contributed by atoms with Crippen molar-refractivity contribution in [1.29, 1.82) is 0 Å². The highest BCUT2D eigenvalue weighted by Gasteiger charge is 2.12. The van der Waals surface area contributed by atoms with E-state index in [1.807, 2.05) is 13.0 Å². The third-order valence-corrected chi connectivity index (χ3v) is 2.20. The van der Waals surface area contributed by atoms with Gasteiger partial charge in [-0.05, 0) is 23.8 Å². The monoisotopic (exact) mass is 219 g/mol. The summed E-state index contributed by atoms with van der Waals surface area (Å²) >= 11 is 0. The van der Waals surface area contributed by atoms with E-state index >= 15 is 0 Å². The first-order valence-corrected chi connectivity index (χ1v) is 4.98. The van der Waals surface area contributed by atoms with Crippen LogP contribution >= 0.6 is 0 Å². The van der Waals surface area contributed by atoms with Crippen LogP contribution in [-0.2, 0) is 13.5 Å². The maximum Gasteiger partial charge on any atom is 0.177 e. The minimum Gasteiger partial charge on any atom is -0.386 e. The summed E-state index contributed by atoms with van der Waals surface area (Å²) in [7, 11) is 1.69. The molecule has 0 spiro atoms. The van der Waals surface area contributed by atoms with Gasteiger partial charge in [0, 0.05) is 12.6 Å². The summed E-state index contributed by atoms with van der Waals surface area (Å²) in [5, 5.41) is 21.4. The summed E-state index contributed by atoms with van der Waals surface area (Å²) in [5.74, 6) is 0.511. The Morgan fingerprint density at radius 2 is 2.25 bits per heavy atom. The number of rotatable bonds is 3. The van der Waals surface area contributed by atoms with Gasteiger partial charge in [-0.1, -0.05) is 6.07 Å². The molecule has 2 aromatic heterocycles. The van der Waals surface area contributed by atoms with E-state index in [4.69, 9.17) is 0 Å². The van der Waals surface area contributed by atoms with Crippen molar-refractivity contribution in [3.8, 4) is 0 Å². The minimum atomic E-state index is -0.690. The molecule has 0 fully saturated rings. The molecule has 84 valence electrons. The Kier molecular flexibility index (Phi) is 2.91. The van der Waals surface area contributed by atoms with Crippen LogP contribution in [0.2, 0.25) is 0 Å². The maximum atomic E-state index is 9.89. The average Bonchev–Trinajstić information content (AvgIpc) is 2.65. The van der Waals surface area contributed by atoms with E-state index in [0.717, 1.165) is 5.56 Å². The Bertz CT molecular complexity index is 464. The van der Waals surface area contributed by atoms with Gasteiger partial charge in [0.25, 0.3) is 0 Å². The number of nitrogens with zero attached hydrogens (tertiary/aromatic N) is 5. The zero-order chi connectivity index (χ0) is 11.5. The highest BCUT2D eigenvalue weighted by Crippen LogP contribution is 2.13. The zero-order valence-electron chi connectivity index (χ0n) is 9.20. The van der Waals surface area contributed by atoms with Gasteiger partial charge < -0.3 is 5.11 Å². The number of aromatic nitrogens is 5. The third kappa shape index (κ3) is 2.40. The Hall–Kier alpha value is -1.82. The lowest BCUT2D eigenvalue weighted by Gasteiger charge is -2.07. The van der Waals surface area contributed by atoms with Crippen LogP contribution in [0.3, 0.4) is 0 Å². The maximum absolute atomic E-state index is 9.89. The van der Waals surface area contributed by atoms with Crippen LogP contribution in [0.1, 0.15) is 23.2 Å². The quantitative estimate of drug-likeness (QED) is 0.797. The Balaban J connectivity index is 2.08. The number of hydrogen-bond acceptors (Lipinski definition) is 5. The lowest BCUT2D eigenvalue weighted by Crippen LogP contribution is -2.05. The van der Waals surface area contributed by atoms with Gasteiger partial charge in [-0.3, -0.25) is 4.98 Å². The van der Waals surface area contributed by atoms with E-state index < -0.39 is 6.10 Å². The summed E-state index contributed by atoms with van der Waals surface area (Å²) in [6.45, 7) is 1.95. The van der Waals surface area contributed by atoms with E-state index in [2.05, 4.69) is 20.4 Å². The predicted molar refractivity (Wildman–Crippen MR) is 56.4 cm³/mol. The number of pyridine rings is 1. The molecule has 6 nitrogen and oxygen atoms in total. The molecule has 0 aliphatic rings. The first kappa shape index (κ1) is 10.7. The summed E-state index contributed by atoms with van der Waals surface area (Å²) in [4.78, 5) is 5.51. The molecule has 1 N–H and O–H groups in total. The SMILES string of the molecule is Cc1ccc(C(O)Cc2nnn(C)n2)nc1. The average molecular weight is 219 g/mol. The first-order valence-electron chi connectivity index (χ1n) is 4.98. The first-order chi connectivity index (χ1) is 7.65. The van der Waals surface area contributed by atoms with Crippen molar-refractivity contribution in [3.63, 3.8) is 0 Å². The van der Waals surface area contributed by atoms with Gasteiger partial charge in [0.1, 0.15) is 6.10 Å². The number of aryl methyl sites for hydroxylation is 2. The number of aliphatic hydroxyl groups is 1. The molecule has 2 rings (SSSR count). The normalized spacial score (nSPS) is 12.7. The molecule has 6 heteroatoms. The van der Waals surface area contributed by atoms with Crippen molar-refractivity contribution in [2.24, 2.45) is 7.05 Å². The van der Waals surface area contributed by atoms with E-state index in [1.54, 1.807) is 19.3 Å².